The second kappa shape index (κ2) is 5.60. The van der Waals surface area contributed by atoms with Crippen LogP contribution in [-0.2, 0) is 4.74 Å². The fourth-order valence-corrected chi connectivity index (χ4v) is 2.11. The van der Waals surface area contributed by atoms with Gasteiger partial charge in [-0.15, -0.1) is 0 Å². The van der Waals surface area contributed by atoms with Gasteiger partial charge in [0.15, 0.2) is 5.82 Å². The van der Waals surface area contributed by atoms with E-state index in [-0.39, 0.29) is 12.1 Å². The molecule has 17 heavy (non-hydrogen) atoms. The van der Waals surface area contributed by atoms with E-state index in [1.165, 1.54) is 12.8 Å². The monoisotopic (exact) mass is 239 g/mol. The molecule has 1 atom stereocenters. The first kappa shape index (κ1) is 12.5. The number of aromatic nitrogens is 2. The van der Waals surface area contributed by atoms with Crippen LogP contribution in [0.5, 0.6) is 0 Å². The topological polar surface area (TPSA) is 74.2 Å². The quantitative estimate of drug-likeness (QED) is 0.852. The fraction of sp³-hybridized carbons (Fsp3) is 0.833. The Morgan fingerprint density at radius 1 is 1.41 bits per heavy atom. The van der Waals surface area contributed by atoms with E-state index in [1.54, 1.807) is 0 Å². The molecule has 1 heterocycles. The van der Waals surface area contributed by atoms with Crippen molar-refractivity contribution < 1.29 is 9.26 Å². The number of hydrogen-bond donors (Lipinski definition) is 1. The van der Waals surface area contributed by atoms with Gasteiger partial charge in [-0.1, -0.05) is 18.0 Å². The Labute approximate surface area is 102 Å². The van der Waals surface area contributed by atoms with E-state index in [0.29, 0.717) is 18.3 Å². The largest absolute Gasteiger partial charge is 0.377 e. The van der Waals surface area contributed by atoms with Crippen molar-refractivity contribution in [3.63, 3.8) is 0 Å². The van der Waals surface area contributed by atoms with E-state index in [4.69, 9.17) is 15.0 Å². The van der Waals surface area contributed by atoms with Gasteiger partial charge in [0.05, 0.1) is 18.8 Å². The lowest BCUT2D eigenvalue weighted by Crippen LogP contribution is -2.20. The van der Waals surface area contributed by atoms with E-state index in [1.807, 2.05) is 13.8 Å². The SMILES string of the molecule is CC(C)OCC(N)c1noc(C2CCCC2)n1. The first-order chi connectivity index (χ1) is 8.16. The van der Waals surface area contributed by atoms with Crippen LogP contribution in [0.15, 0.2) is 4.52 Å². The predicted octanol–water partition coefficient (Wildman–Crippen LogP) is 2.15. The molecular weight excluding hydrogens is 218 g/mol. The van der Waals surface area contributed by atoms with Gasteiger partial charge in [-0.3, -0.25) is 0 Å². The van der Waals surface area contributed by atoms with Crippen molar-refractivity contribution in [2.45, 2.75) is 57.6 Å². The third kappa shape index (κ3) is 3.26. The van der Waals surface area contributed by atoms with Crippen molar-refractivity contribution in [1.82, 2.24) is 10.1 Å². The van der Waals surface area contributed by atoms with Gasteiger partial charge in [0.25, 0.3) is 0 Å². The molecule has 0 amide bonds. The van der Waals surface area contributed by atoms with Crippen molar-refractivity contribution >= 4 is 0 Å². The van der Waals surface area contributed by atoms with Gasteiger partial charge in [0, 0.05) is 5.92 Å². The van der Waals surface area contributed by atoms with Gasteiger partial charge in [0.1, 0.15) is 0 Å². The summed E-state index contributed by atoms with van der Waals surface area (Å²) in [5.41, 5.74) is 5.95. The highest BCUT2D eigenvalue weighted by atomic mass is 16.5. The van der Waals surface area contributed by atoms with Crippen LogP contribution < -0.4 is 5.73 Å². The number of hydrogen-bond acceptors (Lipinski definition) is 5. The average Bonchev–Trinajstić information content (AvgIpc) is 2.94. The summed E-state index contributed by atoms with van der Waals surface area (Å²) in [5, 5.41) is 3.95. The van der Waals surface area contributed by atoms with E-state index >= 15 is 0 Å². The highest BCUT2D eigenvalue weighted by Crippen LogP contribution is 2.33. The summed E-state index contributed by atoms with van der Waals surface area (Å²) in [6, 6.07) is -0.295. The summed E-state index contributed by atoms with van der Waals surface area (Å²) in [6.07, 6.45) is 4.98. The summed E-state index contributed by atoms with van der Waals surface area (Å²) in [5.74, 6) is 1.75. The van der Waals surface area contributed by atoms with Crippen molar-refractivity contribution in [3.8, 4) is 0 Å². The van der Waals surface area contributed by atoms with Crippen LogP contribution in [0.3, 0.4) is 0 Å². The fourth-order valence-electron chi connectivity index (χ4n) is 2.11. The third-order valence-electron chi connectivity index (χ3n) is 3.10. The Hall–Kier alpha value is -0.940. The molecular formula is C12H21N3O2. The Balaban J connectivity index is 1.92. The van der Waals surface area contributed by atoms with Gasteiger partial charge in [-0.2, -0.15) is 4.98 Å². The molecule has 0 saturated heterocycles. The van der Waals surface area contributed by atoms with E-state index in [9.17, 15) is 0 Å². The molecule has 0 aliphatic heterocycles. The predicted molar refractivity (Wildman–Crippen MR) is 63.5 cm³/mol. The minimum absolute atomic E-state index is 0.169. The maximum Gasteiger partial charge on any atom is 0.229 e. The number of rotatable bonds is 5. The van der Waals surface area contributed by atoms with Crippen LogP contribution in [0.2, 0.25) is 0 Å². The molecule has 0 radical (unpaired) electrons. The molecule has 96 valence electrons. The first-order valence-corrected chi connectivity index (χ1v) is 6.37. The van der Waals surface area contributed by atoms with Gasteiger partial charge >= 0.3 is 0 Å². The zero-order chi connectivity index (χ0) is 12.3. The van der Waals surface area contributed by atoms with Gasteiger partial charge in [0.2, 0.25) is 5.89 Å². The normalized spacial score (nSPS) is 19.1. The maximum atomic E-state index is 5.95. The van der Waals surface area contributed by atoms with Crippen LogP contribution in [0, 0.1) is 0 Å². The molecule has 1 unspecified atom stereocenters. The van der Waals surface area contributed by atoms with Crippen molar-refractivity contribution in [3.05, 3.63) is 11.7 Å². The number of nitrogens with zero attached hydrogens (tertiary/aromatic N) is 2. The summed E-state index contributed by atoms with van der Waals surface area (Å²) >= 11 is 0. The number of ether oxygens (including phenoxy) is 1. The highest BCUT2D eigenvalue weighted by Gasteiger charge is 2.24. The Kier molecular flexibility index (Phi) is 4.12. The molecule has 1 aliphatic carbocycles. The summed E-state index contributed by atoms with van der Waals surface area (Å²) < 4.78 is 10.7. The molecule has 1 saturated carbocycles. The lowest BCUT2D eigenvalue weighted by atomic mass is 10.1. The average molecular weight is 239 g/mol. The summed E-state index contributed by atoms with van der Waals surface area (Å²) in [7, 11) is 0. The molecule has 1 aromatic heterocycles. The van der Waals surface area contributed by atoms with E-state index < -0.39 is 0 Å². The molecule has 1 aromatic rings. The van der Waals surface area contributed by atoms with Crippen LogP contribution >= 0.6 is 0 Å². The molecule has 0 bridgehead atoms. The van der Waals surface area contributed by atoms with Crippen LogP contribution in [0.4, 0.5) is 0 Å². The lowest BCUT2D eigenvalue weighted by Gasteiger charge is -2.10. The van der Waals surface area contributed by atoms with Crippen molar-refractivity contribution in [2.24, 2.45) is 5.73 Å². The van der Waals surface area contributed by atoms with Gasteiger partial charge in [-0.25, -0.2) is 0 Å². The molecule has 5 heteroatoms. The van der Waals surface area contributed by atoms with Crippen LogP contribution in [0.1, 0.15) is 63.2 Å². The molecule has 1 aliphatic rings. The van der Waals surface area contributed by atoms with Gasteiger partial charge < -0.3 is 15.0 Å². The summed E-state index contributed by atoms with van der Waals surface area (Å²) in [4.78, 5) is 4.39. The number of nitrogens with two attached hydrogens (primary N) is 1. The van der Waals surface area contributed by atoms with Crippen LogP contribution in [0.25, 0.3) is 0 Å². The smallest absolute Gasteiger partial charge is 0.229 e. The van der Waals surface area contributed by atoms with Gasteiger partial charge in [-0.05, 0) is 26.7 Å². The Morgan fingerprint density at radius 3 is 2.76 bits per heavy atom. The minimum Gasteiger partial charge on any atom is -0.377 e. The summed E-state index contributed by atoms with van der Waals surface area (Å²) in [6.45, 7) is 4.39. The molecule has 2 N–H and O–H groups in total. The molecule has 5 nitrogen and oxygen atoms in total. The lowest BCUT2D eigenvalue weighted by molar-refractivity contribution is 0.0665. The van der Waals surface area contributed by atoms with Crippen molar-refractivity contribution in [2.75, 3.05) is 6.61 Å². The first-order valence-electron chi connectivity index (χ1n) is 6.37. The zero-order valence-corrected chi connectivity index (χ0v) is 10.6. The van der Waals surface area contributed by atoms with Crippen LogP contribution in [-0.4, -0.2) is 22.9 Å². The minimum atomic E-state index is -0.295. The second-order valence-corrected chi connectivity index (χ2v) is 4.96. The Morgan fingerprint density at radius 2 is 2.12 bits per heavy atom. The second-order valence-electron chi connectivity index (χ2n) is 4.96. The van der Waals surface area contributed by atoms with E-state index in [0.717, 1.165) is 18.7 Å². The molecule has 2 rings (SSSR count). The molecule has 0 spiro atoms. The zero-order valence-electron chi connectivity index (χ0n) is 10.6. The van der Waals surface area contributed by atoms with E-state index in [2.05, 4.69) is 10.1 Å². The van der Waals surface area contributed by atoms with Crippen molar-refractivity contribution in [1.29, 1.82) is 0 Å². The maximum absolute atomic E-state index is 5.95. The molecule has 1 fully saturated rings. The Bertz CT molecular complexity index is 345. The third-order valence-corrected chi connectivity index (χ3v) is 3.10. The highest BCUT2D eigenvalue weighted by molar-refractivity contribution is 4.99. The standard InChI is InChI=1S/C12H21N3O2/c1-8(2)16-7-10(13)11-14-12(17-15-11)9-5-3-4-6-9/h8-10H,3-7,13H2,1-2H3. The molecule has 0 aromatic carbocycles.